The number of phenols is 1. The molecule has 1 spiro atoms. The minimum Gasteiger partial charge on any atom is -0.504 e. The van der Waals surface area contributed by atoms with E-state index in [-0.39, 0.29) is 41.3 Å². The zero-order chi connectivity index (χ0) is 26.9. The SMILES string of the molecule is CC(=O)OC1CC1CN1CC[C@]23c4c5ccc(O)c4O[C@H]2[C@H](N(C)C(=O)C#Cc2ccccc2)CC[C@H]3[C@H]1C5. The maximum Gasteiger partial charge on any atom is 0.302 e. The van der Waals surface area contributed by atoms with Gasteiger partial charge < -0.3 is 19.5 Å². The molecule has 7 nitrogen and oxygen atoms in total. The first kappa shape index (κ1) is 24.5. The quantitative estimate of drug-likeness (QED) is 0.487. The van der Waals surface area contributed by atoms with Gasteiger partial charge in [-0.25, -0.2) is 0 Å². The topological polar surface area (TPSA) is 79.3 Å². The van der Waals surface area contributed by atoms with Crippen LogP contribution in [-0.4, -0.2) is 71.2 Å². The predicted molar refractivity (Wildman–Crippen MR) is 144 cm³/mol. The highest BCUT2D eigenvalue weighted by atomic mass is 16.5. The van der Waals surface area contributed by atoms with E-state index in [1.165, 1.54) is 18.1 Å². The summed E-state index contributed by atoms with van der Waals surface area (Å²) in [6.07, 6.45) is 4.44. The van der Waals surface area contributed by atoms with E-state index < -0.39 is 0 Å². The molecule has 0 aromatic heterocycles. The Kier molecular flexibility index (Phi) is 5.68. The number of amides is 1. The third-order valence-corrected chi connectivity index (χ3v) is 9.95. The van der Waals surface area contributed by atoms with E-state index in [2.05, 4.69) is 22.8 Å². The first-order valence-electron chi connectivity index (χ1n) is 14.1. The minimum absolute atomic E-state index is 0.0489. The van der Waals surface area contributed by atoms with Crippen molar-refractivity contribution in [3.8, 4) is 23.3 Å². The lowest BCUT2D eigenvalue weighted by molar-refractivity contribution is -0.142. The Hall–Kier alpha value is -3.50. The van der Waals surface area contributed by atoms with Crippen LogP contribution >= 0.6 is 0 Å². The number of nitrogens with zero attached hydrogens (tertiary/aromatic N) is 2. The molecule has 2 saturated carbocycles. The van der Waals surface area contributed by atoms with Crippen LogP contribution in [0.5, 0.6) is 11.5 Å². The predicted octanol–water partition coefficient (Wildman–Crippen LogP) is 3.26. The number of esters is 1. The standard InChI is InChI=1S/C32H34N2O5/c1-19(35)38-27-17-22(27)18-34-15-14-32-23-10-11-24(33(2)28(37)13-8-20-6-4-3-5-7-20)31(32)39-30-26(36)12-9-21(29(30)32)16-25(23)34/h3-7,9,12,22-25,27,31,36H,10-11,14-18H2,1-2H3/t22?,23-,24+,25+,27?,31-,32-/m0/s1. The second kappa shape index (κ2) is 9.02. The number of likely N-dealkylation sites (N-methyl/N-ethyl adjacent to an activating group) is 1. The number of carbonyl (C=O) groups excluding carboxylic acids is 2. The van der Waals surface area contributed by atoms with Crippen molar-refractivity contribution < 1.29 is 24.2 Å². The van der Waals surface area contributed by atoms with Gasteiger partial charge in [-0.1, -0.05) is 30.2 Å². The summed E-state index contributed by atoms with van der Waals surface area (Å²) in [6, 6.07) is 13.6. The summed E-state index contributed by atoms with van der Waals surface area (Å²) in [5, 5.41) is 10.9. The van der Waals surface area contributed by atoms with Gasteiger partial charge in [-0.3, -0.25) is 14.5 Å². The van der Waals surface area contributed by atoms with Crippen LogP contribution in [0.4, 0.5) is 0 Å². The molecular weight excluding hydrogens is 492 g/mol. The summed E-state index contributed by atoms with van der Waals surface area (Å²) in [7, 11) is 1.84. The van der Waals surface area contributed by atoms with Crippen LogP contribution in [0.15, 0.2) is 42.5 Å². The monoisotopic (exact) mass is 526 g/mol. The normalized spacial score (nSPS) is 33.2. The first-order valence-corrected chi connectivity index (χ1v) is 14.1. The van der Waals surface area contributed by atoms with E-state index in [1.807, 2.05) is 37.4 Å². The minimum atomic E-state index is -0.230. The molecule has 3 aliphatic carbocycles. The summed E-state index contributed by atoms with van der Waals surface area (Å²) in [4.78, 5) is 29.1. The van der Waals surface area contributed by atoms with Gasteiger partial charge in [0.25, 0.3) is 5.91 Å². The molecule has 1 saturated heterocycles. The second-order valence-corrected chi connectivity index (χ2v) is 12.0. The van der Waals surface area contributed by atoms with Crippen molar-refractivity contribution in [3.05, 3.63) is 59.2 Å². The summed E-state index contributed by atoms with van der Waals surface area (Å²) >= 11 is 0. The van der Waals surface area contributed by atoms with Crippen molar-refractivity contribution in [2.45, 2.75) is 68.7 Å². The number of benzene rings is 2. The second-order valence-electron chi connectivity index (χ2n) is 12.0. The fourth-order valence-corrected chi connectivity index (χ4v) is 8.18. The number of aromatic hydroxyl groups is 1. The number of piperidine rings is 1. The Bertz CT molecular complexity index is 1400. The van der Waals surface area contributed by atoms with E-state index in [0.717, 1.165) is 50.8 Å². The van der Waals surface area contributed by atoms with Gasteiger partial charge in [-0.15, -0.1) is 0 Å². The maximum atomic E-state index is 13.3. The molecule has 202 valence electrons. The van der Waals surface area contributed by atoms with Crippen LogP contribution in [0.3, 0.4) is 0 Å². The van der Waals surface area contributed by atoms with Crippen LogP contribution in [0.1, 0.15) is 49.3 Å². The van der Waals surface area contributed by atoms with Gasteiger partial charge in [0.2, 0.25) is 0 Å². The van der Waals surface area contributed by atoms with Gasteiger partial charge in [0, 0.05) is 54.9 Å². The maximum absolute atomic E-state index is 13.3. The summed E-state index contributed by atoms with van der Waals surface area (Å²) in [5.74, 6) is 7.03. The lowest BCUT2D eigenvalue weighted by Gasteiger charge is -2.60. The molecule has 2 aromatic carbocycles. The van der Waals surface area contributed by atoms with Crippen molar-refractivity contribution >= 4 is 11.9 Å². The fraction of sp³-hybridized carbons (Fsp3) is 0.500. The summed E-state index contributed by atoms with van der Waals surface area (Å²) in [5.41, 5.74) is 3.02. The zero-order valence-corrected chi connectivity index (χ0v) is 22.4. The fourth-order valence-electron chi connectivity index (χ4n) is 8.18. The van der Waals surface area contributed by atoms with E-state index in [1.54, 1.807) is 11.0 Å². The van der Waals surface area contributed by atoms with E-state index in [9.17, 15) is 14.7 Å². The van der Waals surface area contributed by atoms with Gasteiger partial charge in [0.05, 0.1) is 6.04 Å². The third kappa shape index (κ3) is 3.83. The molecule has 7 atom stereocenters. The molecule has 7 rings (SSSR count). The molecule has 2 unspecified atom stereocenters. The van der Waals surface area contributed by atoms with E-state index in [4.69, 9.17) is 9.47 Å². The molecule has 39 heavy (non-hydrogen) atoms. The molecule has 1 amide bonds. The Morgan fingerprint density at radius 3 is 2.82 bits per heavy atom. The molecule has 7 heteroatoms. The van der Waals surface area contributed by atoms with Gasteiger partial charge in [0.1, 0.15) is 12.2 Å². The number of likely N-dealkylation sites (tertiary alicyclic amines) is 1. The molecule has 3 fully saturated rings. The Morgan fingerprint density at radius 2 is 2.03 bits per heavy atom. The molecule has 2 aromatic rings. The number of hydrogen-bond donors (Lipinski definition) is 1. The first-order chi connectivity index (χ1) is 18.9. The molecule has 2 heterocycles. The Morgan fingerprint density at radius 1 is 1.21 bits per heavy atom. The Labute approximate surface area is 229 Å². The molecule has 0 radical (unpaired) electrons. The van der Waals surface area contributed by atoms with Gasteiger partial charge in [0.15, 0.2) is 11.5 Å². The number of carbonyl (C=O) groups is 2. The van der Waals surface area contributed by atoms with E-state index >= 15 is 0 Å². The van der Waals surface area contributed by atoms with Crippen LogP contribution in [0.2, 0.25) is 0 Å². The van der Waals surface area contributed by atoms with Crippen molar-refractivity contribution in [2.24, 2.45) is 11.8 Å². The van der Waals surface area contributed by atoms with Gasteiger partial charge in [-0.05, 0) is 68.3 Å². The lowest BCUT2D eigenvalue weighted by Crippen LogP contribution is -2.69. The largest absolute Gasteiger partial charge is 0.504 e. The lowest BCUT2D eigenvalue weighted by atomic mass is 9.51. The highest BCUT2D eigenvalue weighted by Crippen LogP contribution is 2.64. The van der Waals surface area contributed by atoms with E-state index in [0.29, 0.717) is 23.6 Å². The summed E-state index contributed by atoms with van der Waals surface area (Å²) in [6.45, 7) is 3.35. The molecule has 2 bridgehead atoms. The molecule has 1 N–H and O–H groups in total. The average molecular weight is 527 g/mol. The number of rotatable bonds is 4. The molecule has 2 aliphatic heterocycles. The Balaban J connectivity index is 1.18. The van der Waals surface area contributed by atoms with Gasteiger partial charge >= 0.3 is 5.97 Å². The smallest absolute Gasteiger partial charge is 0.302 e. The average Bonchev–Trinajstić information content (AvgIpc) is 3.55. The van der Waals surface area contributed by atoms with Crippen LogP contribution < -0.4 is 4.74 Å². The molecule has 5 aliphatic rings. The van der Waals surface area contributed by atoms with Crippen LogP contribution in [0.25, 0.3) is 0 Å². The zero-order valence-electron chi connectivity index (χ0n) is 22.4. The highest BCUT2D eigenvalue weighted by Gasteiger charge is 2.66. The summed E-state index contributed by atoms with van der Waals surface area (Å²) < 4.78 is 12.1. The van der Waals surface area contributed by atoms with Crippen molar-refractivity contribution in [1.82, 2.24) is 9.80 Å². The van der Waals surface area contributed by atoms with Crippen molar-refractivity contribution in [3.63, 3.8) is 0 Å². The third-order valence-electron chi connectivity index (χ3n) is 9.95. The van der Waals surface area contributed by atoms with Crippen LogP contribution in [0, 0.1) is 23.7 Å². The number of hydrogen-bond acceptors (Lipinski definition) is 6. The van der Waals surface area contributed by atoms with Crippen LogP contribution in [-0.2, 0) is 26.2 Å². The van der Waals surface area contributed by atoms with Crippen molar-refractivity contribution in [2.75, 3.05) is 20.1 Å². The number of ether oxygens (including phenoxy) is 2. The number of phenolic OH excluding ortho intramolecular Hbond substituents is 1. The van der Waals surface area contributed by atoms with Gasteiger partial charge in [-0.2, -0.15) is 0 Å². The molecular formula is C32H34N2O5. The van der Waals surface area contributed by atoms with Crippen molar-refractivity contribution in [1.29, 1.82) is 0 Å². The highest BCUT2D eigenvalue weighted by molar-refractivity contribution is 5.94.